The highest BCUT2D eigenvalue weighted by Crippen LogP contribution is 2.38. The Morgan fingerprint density at radius 1 is 1.00 bits per heavy atom. The molecule has 1 spiro atoms. The van der Waals surface area contributed by atoms with Crippen LogP contribution in [0.3, 0.4) is 0 Å². The number of benzene rings is 1. The normalized spacial score (nSPS) is 23.8. The molecule has 2 atom stereocenters. The van der Waals surface area contributed by atoms with Gasteiger partial charge >= 0.3 is 6.09 Å². The Morgan fingerprint density at radius 3 is 2.53 bits per heavy atom. The van der Waals surface area contributed by atoms with E-state index in [1.165, 1.54) is 11.5 Å². The summed E-state index contributed by atoms with van der Waals surface area (Å²) in [5, 5.41) is 6.10. The number of primary amides is 1. The van der Waals surface area contributed by atoms with Crippen molar-refractivity contribution in [3.05, 3.63) is 53.0 Å². The third-order valence-electron chi connectivity index (χ3n) is 12.0. The van der Waals surface area contributed by atoms with Crippen molar-refractivity contribution in [2.45, 2.75) is 63.1 Å². The third kappa shape index (κ3) is 6.91. The van der Waals surface area contributed by atoms with Crippen LogP contribution in [0.5, 0.6) is 0 Å². The largest absolute Gasteiger partial charge is 0.438 e. The molecule has 1 aromatic carbocycles. The minimum absolute atomic E-state index is 0.0422. The van der Waals surface area contributed by atoms with E-state index in [1.54, 1.807) is 18.3 Å². The molecule has 8 heterocycles. The lowest BCUT2D eigenvalue weighted by Gasteiger charge is -2.48. The van der Waals surface area contributed by atoms with Gasteiger partial charge in [0.25, 0.3) is 17.7 Å². The van der Waals surface area contributed by atoms with Crippen molar-refractivity contribution in [1.29, 1.82) is 0 Å². The summed E-state index contributed by atoms with van der Waals surface area (Å²) < 4.78 is 10.3. The van der Waals surface area contributed by atoms with E-state index in [0.29, 0.717) is 37.9 Å². The van der Waals surface area contributed by atoms with Gasteiger partial charge in [-0.05, 0) is 80.7 Å². The standard InChI is InChI=1S/C38H43N11O7S/c1-21-13-30(57-44-21)43-33-31(32(39)51)40-15-28(41-33)47-10-2-3-24(17-47)48-20-38(56-37(48)55)18-45(19-38)16-22-8-11-46(12-9-22)23-4-5-25-26(14-23)36(54)49(35(25)53)27-6-7-29(50)42-34(27)52/h4-5,13-15,22,24,27H,2-3,6-12,16-20H2,1H3,(H2,39,51)(H,41,43)(H,42,50,52)/t24-,27?/m1/s1. The van der Waals surface area contributed by atoms with Crippen molar-refractivity contribution >= 4 is 69.5 Å². The smallest absolute Gasteiger partial charge is 0.410 e. The summed E-state index contributed by atoms with van der Waals surface area (Å²) in [7, 11) is 0. The molecule has 2 aromatic heterocycles. The van der Waals surface area contributed by atoms with Crippen molar-refractivity contribution in [3.63, 3.8) is 0 Å². The summed E-state index contributed by atoms with van der Waals surface area (Å²) in [5.41, 5.74) is 7.38. The lowest BCUT2D eigenvalue weighted by molar-refractivity contribution is -0.136. The summed E-state index contributed by atoms with van der Waals surface area (Å²) in [5.74, 6) is -1.40. The highest BCUT2D eigenvalue weighted by atomic mass is 32.1. The molecule has 4 N–H and O–H groups in total. The zero-order valence-electron chi connectivity index (χ0n) is 31.4. The highest BCUT2D eigenvalue weighted by Gasteiger charge is 2.55. The zero-order valence-corrected chi connectivity index (χ0v) is 32.3. The Morgan fingerprint density at radius 2 is 1.79 bits per heavy atom. The number of ether oxygens (including phenoxy) is 1. The molecule has 5 saturated heterocycles. The minimum Gasteiger partial charge on any atom is -0.438 e. The first kappa shape index (κ1) is 36.9. The first-order valence-electron chi connectivity index (χ1n) is 19.4. The SMILES string of the molecule is Cc1cc(Nc2nc(N3CCC[C@@H](N4CC5(CN(CC6CCN(c7ccc8c(c7)C(=O)N(C7CCC(=O)NC7=O)C8=O)CC6)C5)OC4=O)C3)cnc2C(N)=O)sn1. The Kier molecular flexibility index (Phi) is 9.30. The van der Waals surface area contributed by atoms with Crippen LogP contribution >= 0.6 is 11.5 Å². The van der Waals surface area contributed by atoms with E-state index in [1.807, 2.05) is 24.0 Å². The van der Waals surface area contributed by atoms with Gasteiger partial charge in [0.15, 0.2) is 17.1 Å². The van der Waals surface area contributed by atoms with Gasteiger partial charge in [-0.25, -0.2) is 14.8 Å². The molecule has 0 bridgehead atoms. The number of carbonyl (C=O) groups excluding carboxylic acids is 6. The van der Waals surface area contributed by atoms with Crippen molar-refractivity contribution < 1.29 is 33.5 Å². The number of piperidine rings is 3. The van der Waals surface area contributed by atoms with Crippen molar-refractivity contribution in [2.75, 3.05) is 67.5 Å². The van der Waals surface area contributed by atoms with Gasteiger partial charge in [0.1, 0.15) is 16.9 Å². The van der Waals surface area contributed by atoms with E-state index in [-0.39, 0.29) is 47.6 Å². The average molecular weight is 798 g/mol. The third-order valence-corrected chi connectivity index (χ3v) is 12.8. The molecule has 18 nitrogen and oxygen atoms in total. The quantitative estimate of drug-likeness (QED) is 0.264. The average Bonchev–Trinajstić information content (AvgIpc) is 3.84. The molecule has 0 saturated carbocycles. The van der Waals surface area contributed by atoms with Crippen LogP contribution in [0.4, 0.5) is 27.1 Å². The molecule has 298 valence electrons. The van der Waals surface area contributed by atoms with Gasteiger partial charge in [-0.1, -0.05) is 0 Å². The highest BCUT2D eigenvalue weighted by molar-refractivity contribution is 7.10. The van der Waals surface area contributed by atoms with Crippen LogP contribution in [-0.2, 0) is 14.3 Å². The molecule has 1 unspecified atom stereocenters. The number of carbonyl (C=O) groups is 6. The molecule has 6 amide bonds. The maximum Gasteiger partial charge on any atom is 0.410 e. The molecular formula is C38H43N11O7S. The monoisotopic (exact) mass is 797 g/mol. The summed E-state index contributed by atoms with van der Waals surface area (Å²) in [6.45, 7) is 7.55. The number of likely N-dealkylation sites (tertiary alicyclic amines) is 1. The van der Waals surface area contributed by atoms with Crippen molar-refractivity contribution in [1.82, 2.24) is 34.4 Å². The number of nitrogens with zero attached hydrogens (tertiary/aromatic N) is 8. The maximum atomic E-state index is 13.3. The summed E-state index contributed by atoms with van der Waals surface area (Å²) in [6, 6.07) is 6.07. The number of imide groups is 2. The predicted octanol–water partition coefficient (Wildman–Crippen LogP) is 1.88. The van der Waals surface area contributed by atoms with Crippen LogP contribution in [-0.4, -0.2) is 135 Å². The first-order valence-corrected chi connectivity index (χ1v) is 20.2. The van der Waals surface area contributed by atoms with Crippen LogP contribution in [0.15, 0.2) is 30.5 Å². The summed E-state index contributed by atoms with van der Waals surface area (Å²) in [6.07, 6.45) is 5.05. The van der Waals surface area contributed by atoms with Crippen LogP contribution < -0.4 is 26.2 Å². The number of amides is 6. The van der Waals surface area contributed by atoms with Crippen LogP contribution in [0.1, 0.15) is 75.4 Å². The summed E-state index contributed by atoms with van der Waals surface area (Å²) >= 11 is 1.25. The minimum atomic E-state index is -0.990. The van der Waals surface area contributed by atoms with Crippen LogP contribution in [0.2, 0.25) is 0 Å². The number of fused-ring (bicyclic) bond motifs is 1. The molecule has 0 aliphatic carbocycles. The number of hydrogen-bond acceptors (Lipinski definition) is 15. The number of hydrogen-bond donors (Lipinski definition) is 3. The maximum absolute atomic E-state index is 13.3. The molecule has 9 rings (SSSR count). The van der Waals surface area contributed by atoms with E-state index in [4.69, 9.17) is 15.5 Å². The zero-order chi connectivity index (χ0) is 39.6. The van der Waals surface area contributed by atoms with Gasteiger partial charge in [-0.3, -0.25) is 44.0 Å². The van der Waals surface area contributed by atoms with Gasteiger partial charge in [0.05, 0.1) is 35.6 Å². The van der Waals surface area contributed by atoms with Crippen LogP contribution in [0.25, 0.3) is 0 Å². The Bertz CT molecular complexity index is 2180. The number of aryl methyl sites for hydroxylation is 1. The van der Waals surface area contributed by atoms with E-state index in [2.05, 4.69) is 34.7 Å². The number of nitrogens with one attached hydrogen (secondary N) is 2. The summed E-state index contributed by atoms with van der Waals surface area (Å²) in [4.78, 5) is 94.6. The van der Waals surface area contributed by atoms with Gasteiger partial charge in [-0.2, -0.15) is 4.37 Å². The topological polar surface area (TPSA) is 217 Å². The number of nitrogens with two attached hydrogens (primary N) is 1. The van der Waals surface area contributed by atoms with E-state index >= 15 is 0 Å². The Balaban J connectivity index is 0.768. The second-order valence-corrected chi connectivity index (χ2v) is 16.8. The second kappa shape index (κ2) is 14.4. The van der Waals surface area contributed by atoms with Crippen molar-refractivity contribution in [2.24, 2.45) is 11.7 Å². The fourth-order valence-electron chi connectivity index (χ4n) is 9.14. The van der Waals surface area contributed by atoms with Gasteiger partial charge < -0.3 is 25.6 Å². The second-order valence-electron chi connectivity index (χ2n) is 15.9. The fourth-order valence-corrected chi connectivity index (χ4v) is 9.80. The number of anilines is 4. The number of rotatable bonds is 9. The molecule has 57 heavy (non-hydrogen) atoms. The molecule has 0 radical (unpaired) electrons. The predicted molar refractivity (Wildman–Crippen MR) is 206 cm³/mol. The molecule has 6 aliphatic heterocycles. The lowest BCUT2D eigenvalue weighted by Crippen LogP contribution is -2.65. The number of aromatic nitrogens is 3. The van der Waals surface area contributed by atoms with E-state index in [9.17, 15) is 28.8 Å². The molecule has 19 heteroatoms. The molecular weight excluding hydrogens is 755 g/mol. The lowest BCUT2D eigenvalue weighted by atomic mass is 9.89. The Labute approximate surface area is 331 Å². The first-order chi connectivity index (χ1) is 27.4. The van der Waals surface area contributed by atoms with E-state index < -0.39 is 41.2 Å². The van der Waals surface area contributed by atoms with Gasteiger partial charge in [0.2, 0.25) is 11.8 Å². The van der Waals surface area contributed by atoms with Crippen LogP contribution in [0, 0.1) is 12.8 Å². The fraction of sp³-hybridized carbons (Fsp3) is 0.500. The van der Waals surface area contributed by atoms with Gasteiger partial charge in [0, 0.05) is 57.9 Å². The molecule has 5 fully saturated rings. The van der Waals surface area contributed by atoms with Gasteiger partial charge in [-0.15, -0.1) is 0 Å². The molecule has 6 aliphatic rings. The molecule has 3 aromatic rings. The Hall–Kier alpha value is -5.69. The van der Waals surface area contributed by atoms with E-state index in [0.717, 1.165) is 73.1 Å². The van der Waals surface area contributed by atoms with Crippen molar-refractivity contribution in [3.8, 4) is 0 Å².